The topological polar surface area (TPSA) is 39.9 Å². The number of pyridine rings is 1. The van der Waals surface area contributed by atoms with Crippen LogP contribution in [0.25, 0.3) is 50.5 Å². The van der Waals surface area contributed by atoms with Crippen LogP contribution in [0, 0.1) is 17.5 Å². The molecule has 6 aromatic carbocycles. The number of hydrogen-bond donors (Lipinski definition) is 0. The van der Waals surface area contributed by atoms with Crippen molar-refractivity contribution in [3.63, 3.8) is 0 Å². The minimum atomic E-state index is 0. The van der Waals surface area contributed by atoms with E-state index in [2.05, 4.69) is 114 Å². The molecule has 0 saturated carbocycles. The van der Waals surface area contributed by atoms with Crippen molar-refractivity contribution in [1.29, 1.82) is 0 Å². The maximum absolute atomic E-state index is 6.88. The van der Waals surface area contributed by atoms with Crippen LogP contribution in [0.15, 0.2) is 152 Å². The number of imidazole rings is 1. The van der Waals surface area contributed by atoms with Gasteiger partial charge in [0.15, 0.2) is 11.6 Å². The van der Waals surface area contributed by atoms with Crippen LogP contribution in [-0.4, -0.2) is 14.5 Å². The molecule has 0 saturated heterocycles. The fourth-order valence-corrected chi connectivity index (χ4v) is 8.41. The van der Waals surface area contributed by atoms with Gasteiger partial charge in [0.25, 0.3) is 0 Å². The quantitative estimate of drug-likeness (QED) is 0.157. The first-order chi connectivity index (χ1) is 25.2. The van der Waals surface area contributed by atoms with Gasteiger partial charge >= 0.3 is 21.1 Å². The van der Waals surface area contributed by atoms with Crippen LogP contribution in [0.5, 0.6) is 11.5 Å². The molecule has 2 heterocycles. The van der Waals surface area contributed by atoms with Gasteiger partial charge in [0.05, 0.1) is 11.2 Å². The third-order valence-corrected chi connectivity index (χ3v) is 10.6. The van der Waals surface area contributed by atoms with Gasteiger partial charge in [-0.2, -0.15) is 29.8 Å². The largest absolute Gasteiger partial charge is 2.00 e. The van der Waals surface area contributed by atoms with Crippen LogP contribution in [-0.2, 0) is 46.7 Å². The van der Waals surface area contributed by atoms with Crippen LogP contribution in [0.4, 0.5) is 0 Å². The molecule has 8 aromatic rings. The van der Waals surface area contributed by atoms with Crippen molar-refractivity contribution in [2.24, 2.45) is 5.41 Å². The predicted molar refractivity (Wildman–Crippen MR) is 203 cm³/mol. The van der Waals surface area contributed by atoms with E-state index in [1.54, 1.807) is 0 Å². The zero-order valence-corrected chi connectivity index (χ0v) is 30.6. The summed E-state index contributed by atoms with van der Waals surface area (Å²) in [6.45, 7) is 0. The number of para-hydroxylation sites is 2. The fourth-order valence-electron chi connectivity index (χ4n) is 8.41. The van der Waals surface area contributed by atoms with Gasteiger partial charge < -0.3 is 4.74 Å². The number of benzene rings is 6. The Morgan fingerprint density at radius 3 is 2.21 bits per heavy atom. The molecule has 0 fully saturated rings. The molecule has 0 amide bonds. The molecule has 0 radical (unpaired) electrons. The first kappa shape index (κ1) is 32.3. The molecule has 0 N–H and O–H groups in total. The van der Waals surface area contributed by atoms with Crippen LogP contribution < -0.4 is 4.74 Å². The second kappa shape index (κ2) is 13.2. The molecular formula is C47H33N3OPt. The number of nitrogens with zero attached hydrogens (tertiary/aromatic N) is 3. The third-order valence-electron chi connectivity index (χ3n) is 10.6. The Hall–Kier alpha value is -5.57. The van der Waals surface area contributed by atoms with Crippen molar-refractivity contribution in [2.45, 2.75) is 25.7 Å². The van der Waals surface area contributed by atoms with E-state index in [0.717, 1.165) is 76.2 Å². The normalized spacial score (nSPS) is 13.8. The Labute approximate surface area is 318 Å². The van der Waals surface area contributed by atoms with Crippen molar-refractivity contribution in [3.05, 3.63) is 186 Å². The predicted octanol–water partition coefficient (Wildman–Crippen LogP) is 10.7. The molecule has 0 unspecified atom stereocenters. The first-order valence-corrected chi connectivity index (χ1v) is 17.6. The van der Waals surface area contributed by atoms with E-state index < -0.39 is 0 Å². The molecule has 4 nitrogen and oxygen atoms in total. The summed E-state index contributed by atoms with van der Waals surface area (Å²) in [5.41, 5.74) is 13.8. The van der Waals surface area contributed by atoms with E-state index >= 15 is 0 Å². The monoisotopic (exact) mass is 850 g/mol. The van der Waals surface area contributed by atoms with Gasteiger partial charge in [0.2, 0.25) is 0 Å². The molecule has 1 spiro atoms. The molecule has 5 heteroatoms. The molecular weight excluding hydrogens is 818 g/mol. The molecule has 2 aromatic heterocycles. The van der Waals surface area contributed by atoms with E-state index in [9.17, 15) is 0 Å². The molecule has 0 atom stereocenters. The van der Waals surface area contributed by atoms with Crippen LogP contribution in [0.1, 0.15) is 22.3 Å². The molecule has 10 rings (SSSR count). The Bertz CT molecular complexity index is 2540. The fraction of sp³-hybridized carbons (Fsp3) is 0.106. The van der Waals surface area contributed by atoms with Crippen molar-refractivity contribution >= 4 is 11.0 Å². The maximum Gasteiger partial charge on any atom is 2.00 e. The maximum atomic E-state index is 6.88. The first-order valence-electron chi connectivity index (χ1n) is 17.6. The van der Waals surface area contributed by atoms with Crippen molar-refractivity contribution in [2.75, 3.05) is 0 Å². The molecule has 2 aliphatic carbocycles. The van der Waals surface area contributed by atoms with Crippen LogP contribution >= 0.6 is 0 Å². The summed E-state index contributed by atoms with van der Waals surface area (Å²) in [6, 6.07) is 57.7. The number of aromatic nitrogens is 3. The Morgan fingerprint density at radius 2 is 1.42 bits per heavy atom. The number of hydrogen-bond acceptors (Lipinski definition) is 3. The van der Waals surface area contributed by atoms with E-state index in [4.69, 9.17) is 14.7 Å². The summed E-state index contributed by atoms with van der Waals surface area (Å²) in [7, 11) is 0. The molecule has 0 bridgehead atoms. The van der Waals surface area contributed by atoms with E-state index in [1.165, 1.54) is 22.3 Å². The summed E-state index contributed by atoms with van der Waals surface area (Å²) in [4.78, 5) is 10.0. The Morgan fingerprint density at radius 1 is 0.673 bits per heavy atom. The van der Waals surface area contributed by atoms with Crippen molar-refractivity contribution in [3.8, 4) is 51.0 Å². The van der Waals surface area contributed by atoms with Gasteiger partial charge in [-0.3, -0.25) is 9.55 Å². The average molecular weight is 851 g/mol. The van der Waals surface area contributed by atoms with Gasteiger partial charge in [-0.25, -0.2) is 16.1 Å². The summed E-state index contributed by atoms with van der Waals surface area (Å²) < 4.78 is 9.09. The van der Waals surface area contributed by atoms with Crippen molar-refractivity contribution < 1.29 is 25.8 Å². The van der Waals surface area contributed by atoms with Crippen LogP contribution in [0.2, 0.25) is 0 Å². The Balaban J connectivity index is 0.00000360. The second-order valence-electron chi connectivity index (χ2n) is 13.9. The van der Waals surface area contributed by atoms with Gasteiger partial charge in [-0.05, 0) is 71.7 Å². The van der Waals surface area contributed by atoms with E-state index in [-0.39, 0.29) is 26.5 Å². The summed E-state index contributed by atoms with van der Waals surface area (Å²) in [5.74, 6) is 2.13. The molecule has 252 valence electrons. The van der Waals surface area contributed by atoms with Crippen LogP contribution in [0.3, 0.4) is 0 Å². The zero-order chi connectivity index (χ0) is 33.8. The summed E-state index contributed by atoms with van der Waals surface area (Å²) in [5, 5.41) is 0. The second-order valence-corrected chi connectivity index (χ2v) is 13.9. The summed E-state index contributed by atoms with van der Waals surface area (Å²) in [6.07, 6.45) is 6.06. The molecule has 0 aliphatic heterocycles. The van der Waals surface area contributed by atoms with Gasteiger partial charge in [-0.15, -0.1) is 17.7 Å². The van der Waals surface area contributed by atoms with Gasteiger partial charge in [0.1, 0.15) is 11.2 Å². The van der Waals surface area contributed by atoms with Gasteiger partial charge in [0, 0.05) is 17.5 Å². The average Bonchev–Trinajstić information content (AvgIpc) is 3.87. The number of rotatable bonds is 6. The third kappa shape index (κ3) is 5.59. The summed E-state index contributed by atoms with van der Waals surface area (Å²) >= 11 is 0. The standard InChI is InChI=1S/C47H33N3O.Pt/c1-3-14-32(15-4-1)38-20-9-10-22-42(38)50-43-23-13-24-44(45(43)49-46(50)41-21-11-12-25-48-41)51-37-26-36-30-47(28-34-18-7-8-19-35(34)29-47)31-40(36)39(27-37)33-16-5-2-6-17-33;/h1-16,18-26H,28-31H2;/q-2;+2. The molecule has 2 aliphatic rings. The smallest absolute Gasteiger partial charge is 0.475 e. The SMILES string of the molecule is [Pt+2].[c-]1ccccc1-c1[c-]c(Oc2cccc3c2nc(-c2ccccn2)n3-c2ccccc2-c2ccccc2)cc2c1CC1(Cc3ccccc3C1)C2. The number of fused-ring (bicyclic) bond motifs is 3. The number of ether oxygens (including phenoxy) is 1. The van der Waals surface area contributed by atoms with Crippen molar-refractivity contribution in [1.82, 2.24) is 14.5 Å². The van der Waals surface area contributed by atoms with E-state index in [0.29, 0.717) is 11.5 Å². The minimum Gasteiger partial charge on any atom is -0.475 e. The molecule has 52 heavy (non-hydrogen) atoms. The Kier molecular flexibility index (Phi) is 8.21. The van der Waals surface area contributed by atoms with E-state index in [1.807, 2.05) is 54.7 Å². The van der Waals surface area contributed by atoms with Gasteiger partial charge in [-0.1, -0.05) is 97.4 Å². The zero-order valence-electron chi connectivity index (χ0n) is 28.3. The minimum absolute atomic E-state index is 0.